The van der Waals surface area contributed by atoms with Crippen molar-refractivity contribution in [2.75, 3.05) is 11.5 Å². The van der Waals surface area contributed by atoms with Crippen LogP contribution in [0.2, 0.25) is 0 Å². The Morgan fingerprint density at radius 1 is 1.18 bits per heavy atom. The van der Waals surface area contributed by atoms with Crippen molar-refractivity contribution in [1.29, 1.82) is 0 Å². The van der Waals surface area contributed by atoms with Gasteiger partial charge in [0.25, 0.3) is 0 Å². The van der Waals surface area contributed by atoms with Gasteiger partial charge in [-0.2, -0.15) is 11.8 Å². The van der Waals surface area contributed by atoms with E-state index < -0.39 is 0 Å². The summed E-state index contributed by atoms with van der Waals surface area (Å²) in [5, 5.41) is 0. The Kier molecular flexibility index (Phi) is 4.36. The van der Waals surface area contributed by atoms with Crippen LogP contribution in [0, 0.1) is 11.8 Å². The maximum absolute atomic E-state index is 2.39. The van der Waals surface area contributed by atoms with Crippen molar-refractivity contribution in [3.05, 3.63) is 0 Å². The lowest BCUT2D eigenvalue weighted by molar-refractivity contribution is 0.311. The summed E-state index contributed by atoms with van der Waals surface area (Å²) in [5.74, 6) is 4.78. The van der Waals surface area contributed by atoms with Gasteiger partial charge in [-0.05, 0) is 36.2 Å². The predicted octanol–water partition coefficient (Wildman–Crippen LogP) is 3.57. The Morgan fingerprint density at radius 2 is 1.82 bits per heavy atom. The largest absolute Gasteiger partial charge is 0.162 e. The first-order valence-corrected chi connectivity index (χ1v) is 6.06. The Hall–Kier alpha value is 0.350. The van der Waals surface area contributed by atoms with Crippen molar-refractivity contribution in [2.45, 2.75) is 39.5 Å². The van der Waals surface area contributed by atoms with E-state index in [1.807, 2.05) is 0 Å². The summed E-state index contributed by atoms with van der Waals surface area (Å²) in [6, 6.07) is 0. The average Bonchev–Trinajstić information content (AvgIpc) is 2.04. The smallest absolute Gasteiger partial charge is 0.00392 e. The van der Waals surface area contributed by atoms with E-state index in [2.05, 4.69) is 25.6 Å². The third-order valence-corrected chi connectivity index (χ3v) is 3.81. The fourth-order valence-electron chi connectivity index (χ4n) is 1.78. The van der Waals surface area contributed by atoms with Gasteiger partial charge in [0.05, 0.1) is 0 Å². The lowest BCUT2D eigenvalue weighted by Crippen LogP contribution is -2.14. The molecular weight excluding hydrogens is 152 g/mol. The van der Waals surface area contributed by atoms with Crippen LogP contribution in [0.25, 0.3) is 0 Å². The van der Waals surface area contributed by atoms with Crippen LogP contribution >= 0.6 is 11.8 Å². The van der Waals surface area contributed by atoms with Crippen molar-refractivity contribution in [2.24, 2.45) is 11.8 Å². The van der Waals surface area contributed by atoms with Gasteiger partial charge in [-0.25, -0.2) is 0 Å². The van der Waals surface area contributed by atoms with Crippen molar-refractivity contribution in [3.63, 3.8) is 0 Å². The summed E-state index contributed by atoms with van der Waals surface area (Å²) >= 11 is 2.12. The van der Waals surface area contributed by atoms with E-state index in [-0.39, 0.29) is 0 Å². The van der Waals surface area contributed by atoms with Gasteiger partial charge in [0.1, 0.15) is 0 Å². The Morgan fingerprint density at radius 3 is 2.36 bits per heavy atom. The summed E-state index contributed by atoms with van der Waals surface area (Å²) in [4.78, 5) is 0. The van der Waals surface area contributed by atoms with Crippen LogP contribution in [-0.4, -0.2) is 11.5 Å². The summed E-state index contributed by atoms with van der Waals surface area (Å²) in [6.45, 7) is 4.65. The first-order chi connectivity index (χ1) is 5.33. The van der Waals surface area contributed by atoms with Crippen LogP contribution < -0.4 is 0 Å². The Balaban J connectivity index is 2.07. The molecule has 0 aromatic rings. The van der Waals surface area contributed by atoms with Crippen molar-refractivity contribution < 1.29 is 0 Å². The summed E-state index contributed by atoms with van der Waals surface area (Å²) in [5.41, 5.74) is 0. The molecule has 0 aromatic heterocycles. The van der Waals surface area contributed by atoms with Gasteiger partial charge in [-0.3, -0.25) is 0 Å². The van der Waals surface area contributed by atoms with Crippen LogP contribution in [0.5, 0.6) is 0 Å². The maximum Gasteiger partial charge on any atom is -0.00392 e. The zero-order valence-corrected chi connectivity index (χ0v) is 8.62. The fourth-order valence-corrected chi connectivity index (χ4v) is 2.68. The third kappa shape index (κ3) is 3.50. The SMILES string of the molecule is CCSCC1CCC(C)CC1. The van der Waals surface area contributed by atoms with Gasteiger partial charge in [0.15, 0.2) is 0 Å². The van der Waals surface area contributed by atoms with Crippen LogP contribution in [0.4, 0.5) is 0 Å². The van der Waals surface area contributed by atoms with Crippen LogP contribution in [0.1, 0.15) is 39.5 Å². The normalized spacial score (nSPS) is 32.2. The fraction of sp³-hybridized carbons (Fsp3) is 1.00. The van der Waals surface area contributed by atoms with E-state index in [0.29, 0.717) is 0 Å². The number of thioether (sulfide) groups is 1. The van der Waals surface area contributed by atoms with E-state index in [0.717, 1.165) is 11.8 Å². The first kappa shape index (κ1) is 9.44. The maximum atomic E-state index is 2.39. The first-order valence-electron chi connectivity index (χ1n) is 4.90. The second-order valence-electron chi connectivity index (χ2n) is 3.79. The zero-order valence-electron chi connectivity index (χ0n) is 7.81. The van der Waals surface area contributed by atoms with Crippen molar-refractivity contribution in [3.8, 4) is 0 Å². The molecule has 0 amide bonds. The molecule has 0 saturated heterocycles. The van der Waals surface area contributed by atoms with Crippen molar-refractivity contribution in [1.82, 2.24) is 0 Å². The molecular formula is C10H20S. The van der Waals surface area contributed by atoms with Gasteiger partial charge in [0.2, 0.25) is 0 Å². The molecule has 0 aliphatic heterocycles. The monoisotopic (exact) mass is 172 g/mol. The average molecular weight is 172 g/mol. The summed E-state index contributed by atoms with van der Waals surface area (Å²) in [6.07, 6.45) is 5.95. The molecule has 0 nitrogen and oxygen atoms in total. The summed E-state index contributed by atoms with van der Waals surface area (Å²) in [7, 11) is 0. The second kappa shape index (κ2) is 5.08. The molecule has 1 heteroatoms. The van der Waals surface area contributed by atoms with E-state index in [4.69, 9.17) is 0 Å². The van der Waals surface area contributed by atoms with E-state index in [1.54, 1.807) is 0 Å². The molecule has 0 aromatic carbocycles. The molecule has 0 radical (unpaired) electrons. The number of hydrogen-bond acceptors (Lipinski definition) is 1. The lowest BCUT2D eigenvalue weighted by atomic mass is 9.84. The van der Waals surface area contributed by atoms with E-state index >= 15 is 0 Å². The molecule has 1 rings (SSSR count). The molecule has 1 saturated carbocycles. The van der Waals surface area contributed by atoms with Crippen LogP contribution in [0.3, 0.4) is 0 Å². The molecule has 0 atom stereocenters. The molecule has 11 heavy (non-hydrogen) atoms. The quantitative estimate of drug-likeness (QED) is 0.627. The molecule has 0 bridgehead atoms. The third-order valence-electron chi connectivity index (χ3n) is 2.69. The highest BCUT2D eigenvalue weighted by Crippen LogP contribution is 2.30. The van der Waals surface area contributed by atoms with Crippen LogP contribution in [-0.2, 0) is 0 Å². The topological polar surface area (TPSA) is 0 Å². The van der Waals surface area contributed by atoms with Gasteiger partial charge in [0, 0.05) is 0 Å². The van der Waals surface area contributed by atoms with Gasteiger partial charge >= 0.3 is 0 Å². The second-order valence-corrected chi connectivity index (χ2v) is 5.10. The highest BCUT2D eigenvalue weighted by atomic mass is 32.2. The lowest BCUT2D eigenvalue weighted by Gasteiger charge is -2.25. The minimum atomic E-state index is 1.01. The zero-order chi connectivity index (χ0) is 8.10. The molecule has 0 heterocycles. The molecule has 1 aliphatic carbocycles. The molecule has 0 spiro atoms. The van der Waals surface area contributed by atoms with Gasteiger partial charge in [-0.15, -0.1) is 0 Å². The number of hydrogen-bond donors (Lipinski definition) is 0. The minimum Gasteiger partial charge on any atom is -0.162 e. The molecule has 0 N–H and O–H groups in total. The highest BCUT2D eigenvalue weighted by Gasteiger charge is 2.17. The Bertz CT molecular complexity index is 90.3. The molecule has 0 unspecified atom stereocenters. The van der Waals surface area contributed by atoms with Crippen LogP contribution in [0.15, 0.2) is 0 Å². The number of rotatable bonds is 3. The highest BCUT2D eigenvalue weighted by molar-refractivity contribution is 7.99. The van der Waals surface area contributed by atoms with E-state index in [1.165, 1.54) is 37.2 Å². The minimum absolute atomic E-state index is 1.01. The Labute approximate surface area is 75.1 Å². The molecule has 66 valence electrons. The molecule has 1 aliphatic rings. The molecule has 1 fully saturated rings. The van der Waals surface area contributed by atoms with Crippen molar-refractivity contribution >= 4 is 11.8 Å². The standard InChI is InChI=1S/C10H20S/c1-3-11-8-10-6-4-9(2)5-7-10/h9-10H,3-8H2,1-2H3. The summed E-state index contributed by atoms with van der Waals surface area (Å²) < 4.78 is 0. The van der Waals surface area contributed by atoms with E-state index in [9.17, 15) is 0 Å². The van der Waals surface area contributed by atoms with Gasteiger partial charge < -0.3 is 0 Å². The predicted molar refractivity (Wildman–Crippen MR) is 54.1 cm³/mol. The van der Waals surface area contributed by atoms with Gasteiger partial charge in [-0.1, -0.05) is 26.7 Å².